The minimum atomic E-state index is -0.354. The van der Waals surface area contributed by atoms with Gasteiger partial charge in [0.25, 0.3) is 0 Å². The van der Waals surface area contributed by atoms with Crippen LogP contribution in [0.5, 0.6) is 0 Å². The van der Waals surface area contributed by atoms with Gasteiger partial charge in [0.15, 0.2) is 0 Å². The van der Waals surface area contributed by atoms with Crippen molar-refractivity contribution in [2.75, 3.05) is 6.61 Å². The molecule has 0 aromatic carbocycles. The highest BCUT2D eigenvalue weighted by molar-refractivity contribution is 5.69. The Hall–Kier alpha value is -0.570. The molecule has 0 aliphatic carbocycles. The fourth-order valence-electron chi connectivity index (χ4n) is 2.19. The molecule has 3 nitrogen and oxygen atoms in total. The predicted molar refractivity (Wildman–Crippen MR) is 83.7 cm³/mol. The van der Waals surface area contributed by atoms with Gasteiger partial charge in [0, 0.05) is 13.0 Å². The van der Waals surface area contributed by atoms with E-state index < -0.39 is 0 Å². The van der Waals surface area contributed by atoms with Crippen LogP contribution in [0.2, 0.25) is 0 Å². The van der Waals surface area contributed by atoms with E-state index >= 15 is 0 Å². The number of carbonyl (C=O) groups is 1. The third-order valence-corrected chi connectivity index (χ3v) is 3.21. The Morgan fingerprint density at radius 1 is 0.800 bits per heavy atom. The SMILES string of the molecule is CC(C)(C)OC(=O)CCCCCCCCCCCCO. The average molecular weight is 286 g/mol. The van der Waals surface area contributed by atoms with E-state index in [1.54, 1.807) is 0 Å². The molecule has 0 aromatic rings. The summed E-state index contributed by atoms with van der Waals surface area (Å²) in [7, 11) is 0. The monoisotopic (exact) mass is 286 g/mol. The Morgan fingerprint density at radius 3 is 1.60 bits per heavy atom. The van der Waals surface area contributed by atoms with Crippen molar-refractivity contribution in [1.29, 1.82) is 0 Å². The van der Waals surface area contributed by atoms with E-state index in [1.807, 2.05) is 20.8 Å². The van der Waals surface area contributed by atoms with Gasteiger partial charge in [0.2, 0.25) is 0 Å². The van der Waals surface area contributed by atoms with Crippen LogP contribution >= 0.6 is 0 Å². The highest BCUT2D eigenvalue weighted by atomic mass is 16.6. The number of aliphatic hydroxyl groups is 1. The molecular weight excluding hydrogens is 252 g/mol. The van der Waals surface area contributed by atoms with Crippen molar-refractivity contribution in [3.8, 4) is 0 Å². The van der Waals surface area contributed by atoms with Crippen LogP contribution in [0, 0.1) is 0 Å². The van der Waals surface area contributed by atoms with Crippen LogP contribution in [0.25, 0.3) is 0 Å². The first kappa shape index (κ1) is 19.4. The zero-order valence-electron chi connectivity index (χ0n) is 13.7. The lowest BCUT2D eigenvalue weighted by Gasteiger charge is -2.19. The smallest absolute Gasteiger partial charge is 0.306 e. The van der Waals surface area contributed by atoms with Gasteiger partial charge in [-0.2, -0.15) is 0 Å². The summed E-state index contributed by atoms with van der Waals surface area (Å²) in [5.74, 6) is -0.0682. The maximum Gasteiger partial charge on any atom is 0.306 e. The molecule has 0 radical (unpaired) electrons. The van der Waals surface area contributed by atoms with Gasteiger partial charge in [0.05, 0.1) is 0 Å². The zero-order valence-corrected chi connectivity index (χ0v) is 13.7. The minimum Gasteiger partial charge on any atom is -0.460 e. The van der Waals surface area contributed by atoms with Gasteiger partial charge < -0.3 is 9.84 Å². The molecule has 120 valence electrons. The number of hydrogen-bond acceptors (Lipinski definition) is 3. The Kier molecular flexibility index (Phi) is 11.8. The van der Waals surface area contributed by atoms with Crippen molar-refractivity contribution in [2.24, 2.45) is 0 Å². The van der Waals surface area contributed by atoms with Crippen molar-refractivity contribution >= 4 is 5.97 Å². The summed E-state index contributed by atoms with van der Waals surface area (Å²) in [6.45, 7) is 6.06. The molecule has 0 aliphatic heterocycles. The summed E-state index contributed by atoms with van der Waals surface area (Å²) in [6, 6.07) is 0. The molecule has 0 saturated carbocycles. The van der Waals surface area contributed by atoms with Gasteiger partial charge in [-0.3, -0.25) is 4.79 Å². The van der Waals surface area contributed by atoms with E-state index in [-0.39, 0.29) is 11.6 Å². The molecule has 0 unspecified atom stereocenters. The molecule has 1 N–H and O–H groups in total. The fraction of sp³-hybridized carbons (Fsp3) is 0.941. The van der Waals surface area contributed by atoms with Gasteiger partial charge in [-0.15, -0.1) is 0 Å². The standard InChI is InChI=1S/C17H34O3/c1-17(2,3)20-16(19)14-12-10-8-6-4-5-7-9-11-13-15-18/h18H,4-15H2,1-3H3. The van der Waals surface area contributed by atoms with Crippen LogP contribution in [0.15, 0.2) is 0 Å². The molecule has 20 heavy (non-hydrogen) atoms. The van der Waals surface area contributed by atoms with Crippen molar-refractivity contribution in [1.82, 2.24) is 0 Å². The summed E-state index contributed by atoms with van der Waals surface area (Å²) < 4.78 is 5.27. The van der Waals surface area contributed by atoms with Crippen molar-refractivity contribution in [2.45, 2.75) is 97.0 Å². The molecule has 0 amide bonds. The summed E-state index contributed by atoms with van der Waals surface area (Å²) in [6.07, 6.45) is 12.4. The van der Waals surface area contributed by atoms with Crippen LogP contribution in [0.4, 0.5) is 0 Å². The van der Waals surface area contributed by atoms with Gasteiger partial charge in [0.1, 0.15) is 5.60 Å². The van der Waals surface area contributed by atoms with E-state index in [0.29, 0.717) is 13.0 Å². The maximum atomic E-state index is 11.5. The van der Waals surface area contributed by atoms with Gasteiger partial charge in [-0.05, 0) is 33.6 Å². The molecule has 3 heteroatoms. The highest BCUT2D eigenvalue weighted by Crippen LogP contribution is 2.13. The zero-order chi connectivity index (χ0) is 15.3. The second kappa shape index (κ2) is 12.2. The lowest BCUT2D eigenvalue weighted by molar-refractivity contribution is -0.154. The maximum absolute atomic E-state index is 11.5. The second-order valence-corrected chi connectivity index (χ2v) is 6.60. The van der Waals surface area contributed by atoms with E-state index in [4.69, 9.17) is 9.84 Å². The molecule has 0 heterocycles. The molecule has 0 saturated heterocycles. The topological polar surface area (TPSA) is 46.5 Å². The molecule has 0 fully saturated rings. The fourth-order valence-corrected chi connectivity index (χ4v) is 2.19. The number of ether oxygens (including phenoxy) is 1. The van der Waals surface area contributed by atoms with Crippen molar-refractivity contribution in [3.05, 3.63) is 0 Å². The summed E-state index contributed by atoms with van der Waals surface area (Å²) in [4.78, 5) is 11.5. The van der Waals surface area contributed by atoms with Gasteiger partial charge >= 0.3 is 5.97 Å². The lowest BCUT2D eigenvalue weighted by Crippen LogP contribution is -2.23. The second-order valence-electron chi connectivity index (χ2n) is 6.60. The normalized spacial score (nSPS) is 11.6. The van der Waals surface area contributed by atoms with Crippen LogP contribution in [-0.2, 0) is 9.53 Å². The molecular formula is C17H34O3. The van der Waals surface area contributed by atoms with E-state index in [2.05, 4.69) is 0 Å². The highest BCUT2D eigenvalue weighted by Gasteiger charge is 2.15. The molecule has 0 spiro atoms. The van der Waals surface area contributed by atoms with Gasteiger partial charge in [-0.1, -0.05) is 51.4 Å². The number of unbranched alkanes of at least 4 members (excludes halogenated alkanes) is 9. The third-order valence-electron chi connectivity index (χ3n) is 3.21. The van der Waals surface area contributed by atoms with Crippen LogP contribution < -0.4 is 0 Å². The first-order valence-electron chi connectivity index (χ1n) is 8.28. The summed E-state index contributed by atoms with van der Waals surface area (Å²) in [5.41, 5.74) is -0.354. The van der Waals surface area contributed by atoms with E-state index in [9.17, 15) is 4.79 Å². The molecule has 0 atom stereocenters. The summed E-state index contributed by atoms with van der Waals surface area (Å²) >= 11 is 0. The molecule has 0 aliphatic rings. The van der Waals surface area contributed by atoms with Crippen molar-refractivity contribution in [3.63, 3.8) is 0 Å². The van der Waals surface area contributed by atoms with E-state index in [0.717, 1.165) is 25.7 Å². The summed E-state index contributed by atoms with van der Waals surface area (Å²) in [5, 5.41) is 8.66. The van der Waals surface area contributed by atoms with Crippen LogP contribution in [0.1, 0.15) is 91.4 Å². The Balaban J connectivity index is 3.19. The van der Waals surface area contributed by atoms with Crippen LogP contribution in [0.3, 0.4) is 0 Å². The largest absolute Gasteiger partial charge is 0.460 e. The quantitative estimate of drug-likeness (QED) is 0.421. The number of rotatable bonds is 12. The van der Waals surface area contributed by atoms with Crippen LogP contribution in [-0.4, -0.2) is 23.3 Å². The first-order valence-corrected chi connectivity index (χ1v) is 8.28. The number of aliphatic hydroxyl groups excluding tert-OH is 1. The lowest BCUT2D eigenvalue weighted by atomic mass is 10.1. The Morgan fingerprint density at radius 2 is 1.20 bits per heavy atom. The average Bonchev–Trinajstić information content (AvgIpc) is 2.34. The first-order chi connectivity index (χ1) is 9.45. The number of carbonyl (C=O) groups excluding carboxylic acids is 1. The van der Waals surface area contributed by atoms with E-state index in [1.165, 1.54) is 38.5 Å². The predicted octanol–water partition coefficient (Wildman–Crippen LogP) is 4.61. The number of esters is 1. The minimum absolute atomic E-state index is 0.0682. The Bertz CT molecular complexity index is 231. The third kappa shape index (κ3) is 15.5. The molecule has 0 rings (SSSR count). The van der Waals surface area contributed by atoms with Gasteiger partial charge in [-0.25, -0.2) is 0 Å². The molecule has 0 aromatic heterocycles. The molecule has 0 bridgehead atoms. The Labute approximate surface area is 125 Å². The van der Waals surface area contributed by atoms with Crippen molar-refractivity contribution < 1.29 is 14.6 Å². The number of hydrogen-bond donors (Lipinski definition) is 1.